The van der Waals surface area contributed by atoms with E-state index in [0.29, 0.717) is 13.1 Å². The highest BCUT2D eigenvalue weighted by Crippen LogP contribution is 2.08. The number of hydrogen-bond donors (Lipinski definition) is 1. The first kappa shape index (κ1) is 19.6. The van der Waals surface area contributed by atoms with E-state index < -0.39 is 0 Å². The quantitative estimate of drug-likeness (QED) is 0.530. The number of nitrogens with one attached hydrogen (secondary N) is 1. The molecule has 0 atom stereocenters. The van der Waals surface area contributed by atoms with Crippen LogP contribution in [0.3, 0.4) is 0 Å². The number of aromatic nitrogens is 3. The van der Waals surface area contributed by atoms with Crippen LogP contribution >= 0.6 is 0 Å². The second-order valence-corrected chi connectivity index (χ2v) is 7.04. The fourth-order valence-electron chi connectivity index (χ4n) is 2.87. The van der Waals surface area contributed by atoms with Gasteiger partial charge in [-0.3, -0.25) is 0 Å². The Labute approximate surface area is 166 Å². The molecular weight excluding hydrogens is 348 g/mol. The molecule has 0 spiro atoms. The highest BCUT2D eigenvalue weighted by atomic mass is 15.3. The normalized spacial score (nSPS) is 11.5. The Balaban J connectivity index is 1.74. The van der Waals surface area contributed by atoms with Crippen molar-refractivity contribution in [3.05, 3.63) is 82.9 Å². The van der Waals surface area contributed by atoms with Gasteiger partial charge in [-0.1, -0.05) is 60.2 Å². The minimum atomic E-state index is 0.573. The molecule has 1 aromatic heterocycles. The third kappa shape index (κ3) is 5.19. The van der Waals surface area contributed by atoms with Crippen molar-refractivity contribution in [3.63, 3.8) is 0 Å². The van der Waals surface area contributed by atoms with E-state index in [4.69, 9.17) is 4.99 Å². The molecule has 28 heavy (non-hydrogen) atoms. The number of hydrogen-bond acceptors (Lipinski definition) is 3. The summed E-state index contributed by atoms with van der Waals surface area (Å²) in [6, 6.07) is 18.9. The molecule has 1 N–H and O–H groups in total. The molecule has 0 saturated carbocycles. The smallest absolute Gasteiger partial charge is 0.194 e. The Morgan fingerprint density at radius 1 is 1.00 bits per heavy atom. The molecule has 2 aromatic carbocycles. The van der Waals surface area contributed by atoms with Crippen LogP contribution in [-0.4, -0.2) is 32.7 Å². The molecule has 0 saturated heterocycles. The zero-order chi connectivity index (χ0) is 19.9. The molecule has 0 fully saturated rings. The van der Waals surface area contributed by atoms with E-state index in [1.807, 2.05) is 36.7 Å². The molecule has 0 aliphatic carbocycles. The standard InChI is InChI=1S/C22H28N6/c1-17-10-12-20(13-11-17)16-27(3)22(23-14-19-8-6-5-7-9-19)24-15-21-26-25-18(2)28(21)4/h5-13H,14-16H2,1-4H3,(H,23,24). The Morgan fingerprint density at radius 2 is 1.71 bits per heavy atom. The summed E-state index contributed by atoms with van der Waals surface area (Å²) in [5.74, 6) is 2.62. The first-order valence-electron chi connectivity index (χ1n) is 9.46. The van der Waals surface area contributed by atoms with Gasteiger partial charge in [-0.25, -0.2) is 4.99 Å². The van der Waals surface area contributed by atoms with E-state index in [2.05, 4.69) is 70.8 Å². The van der Waals surface area contributed by atoms with Gasteiger partial charge in [0.05, 0.1) is 13.1 Å². The zero-order valence-electron chi connectivity index (χ0n) is 17.1. The molecule has 0 aliphatic heterocycles. The molecule has 0 aliphatic rings. The molecule has 0 amide bonds. The Bertz CT molecular complexity index is 912. The van der Waals surface area contributed by atoms with Crippen LogP contribution in [-0.2, 0) is 26.7 Å². The molecule has 146 valence electrons. The summed E-state index contributed by atoms with van der Waals surface area (Å²) in [6.45, 7) is 6.02. The minimum Gasteiger partial charge on any atom is -0.349 e. The number of aliphatic imine (C=N–C) groups is 1. The van der Waals surface area contributed by atoms with E-state index in [1.54, 1.807) is 0 Å². The van der Waals surface area contributed by atoms with Gasteiger partial charge in [-0.2, -0.15) is 0 Å². The Morgan fingerprint density at radius 3 is 2.36 bits per heavy atom. The molecule has 6 nitrogen and oxygen atoms in total. The van der Waals surface area contributed by atoms with Gasteiger partial charge in [0.2, 0.25) is 0 Å². The van der Waals surface area contributed by atoms with E-state index in [1.165, 1.54) is 16.7 Å². The fourth-order valence-corrected chi connectivity index (χ4v) is 2.87. The topological polar surface area (TPSA) is 58.3 Å². The summed E-state index contributed by atoms with van der Waals surface area (Å²) < 4.78 is 1.99. The number of benzene rings is 2. The van der Waals surface area contributed by atoms with Crippen molar-refractivity contribution < 1.29 is 0 Å². The maximum absolute atomic E-state index is 4.83. The van der Waals surface area contributed by atoms with Crippen molar-refractivity contribution in [2.24, 2.45) is 12.0 Å². The van der Waals surface area contributed by atoms with Crippen molar-refractivity contribution in [3.8, 4) is 0 Å². The van der Waals surface area contributed by atoms with Crippen LogP contribution in [0.1, 0.15) is 28.3 Å². The van der Waals surface area contributed by atoms with E-state index in [9.17, 15) is 0 Å². The van der Waals surface area contributed by atoms with Crippen LogP contribution in [0.2, 0.25) is 0 Å². The summed E-state index contributed by atoms with van der Waals surface area (Å²) in [5.41, 5.74) is 3.69. The lowest BCUT2D eigenvalue weighted by atomic mass is 10.1. The molecule has 3 rings (SSSR count). The van der Waals surface area contributed by atoms with E-state index in [-0.39, 0.29) is 0 Å². The lowest BCUT2D eigenvalue weighted by Gasteiger charge is -2.22. The van der Waals surface area contributed by atoms with Gasteiger partial charge in [0.1, 0.15) is 5.82 Å². The third-order valence-electron chi connectivity index (χ3n) is 4.74. The number of rotatable bonds is 6. The molecule has 1 heterocycles. The average molecular weight is 377 g/mol. The SMILES string of the molecule is Cc1ccc(CN(C)C(=NCc2ccccc2)NCc2nnc(C)n2C)cc1. The van der Waals surface area contributed by atoms with Gasteiger partial charge in [-0.15, -0.1) is 10.2 Å². The van der Waals surface area contributed by atoms with Crippen LogP contribution in [0, 0.1) is 13.8 Å². The fraction of sp³-hybridized carbons (Fsp3) is 0.318. The van der Waals surface area contributed by atoms with E-state index >= 15 is 0 Å². The summed E-state index contributed by atoms with van der Waals surface area (Å²) in [6.07, 6.45) is 0. The van der Waals surface area contributed by atoms with Crippen molar-refractivity contribution in [1.29, 1.82) is 0 Å². The zero-order valence-corrected chi connectivity index (χ0v) is 17.1. The lowest BCUT2D eigenvalue weighted by molar-refractivity contribution is 0.472. The summed E-state index contributed by atoms with van der Waals surface area (Å²) in [4.78, 5) is 6.97. The molecular formula is C22H28N6. The summed E-state index contributed by atoms with van der Waals surface area (Å²) in [5, 5.41) is 11.8. The van der Waals surface area contributed by atoms with Gasteiger partial charge in [-0.05, 0) is 25.0 Å². The number of nitrogens with zero attached hydrogens (tertiary/aromatic N) is 5. The van der Waals surface area contributed by atoms with Crippen molar-refractivity contribution >= 4 is 5.96 Å². The summed E-state index contributed by atoms with van der Waals surface area (Å²) >= 11 is 0. The van der Waals surface area contributed by atoms with Crippen LogP contribution in [0.4, 0.5) is 0 Å². The second kappa shape index (κ2) is 9.17. The minimum absolute atomic E-state index is 0.573. The molecule has 6 heteroatoms. The maximum Gasteiger partial charge on any atom is 0.194 e. The third-order valence-corrected chi connectivity index (χ3v) is 4.74. The van der Waals surface area contributed by atoms with Crippen LogP contribution in [0.15, 0.2) is 59.6 Å². The molecule has 0 unspecified atom stereocenters. The van der Waals surface area contributed by atoms with Gasteiger partial charge in [0.15, 0.2) is 11.8 Å². The number of aryl methyl sites for hydroxylation is 2. The van der Waals surface area contributed by atoms with Crippen LogP contribution in [0.5, 0.6) is 0 Å². The van der Waals surface area contributed by atoms with Crippen molar-refractivity contribution in [1.82, 2.24) is 25.0 Å². The first-order valence-corrected chi connectivity index (χ1v) is 9.46. The van der Waals surface area contributed by atoms with Gasteiger partial charge < -0.3 is 14.8 Å². The predicted octanol–water partition coefficient (Wildman–Crippen LogP) is 3.21. The second-order valence-electron chi connectivity index (χ2n) is 7.04. The van der Waals surface area contributed by atoms with Crippen LogP contribution < -0.4 is 5.32 Å². The van der Waals surface area contributed by atoms with Gasteiger partial charge in [0.25, 0.3) is 0 Å². The largest absolute Gasteiger partial charge is 0.349 e. The highest BCUT2D eigenvalue weighted by molar-refractivity contribution is 5.79. The number of guanidine groups is 1. The predicted molar refractivity (Wildman–Crippen MR) is 113 cm³/mol. The van der Waals surface area contributed by atoms with Gasteiger partial charge in [0, 0.05) is 20.6 Å². The summed E-state index contributed by atoms with van der Waals surface area (Å²) in [7, 11) is 4.03. The average Bonchev–Trinajstić information content (AvgIpc) is 3.02. The highest BCUT2D eigenvalue weighted by Gasteiger charge is 2.10. The monoisotopic (exact) mass is 376 g/mol. The Hall–Kier alpha value is -3.15. The Kier molecular flexibility index (Phi) is 6.42. The van der Waals surface area contributed by atoms with Crippen molar-refractivity contribution in [2.45, 2.75) is 33.5 Å². The lowest BCUT2D eigenvalue weighted by Crippen LogP contribution is -2.38. The first-order chi connectivity index (χ1) is 13.5. The molecule has 0 radical (unpaired) electrons. The van der Waals surface area contributed by atoms with Gasteiger partial charge >= 0.3 is 0 Å². The van der Waals surface area contributed by atoms with Crippen LogP contribution in [0.25, 0.3) is 0 Å². The van der Waals surface area contributed by atoms with E-state index in [0.717, 1.165) is 24.2 Å². The van der Waals surface area contributed by atoms with Crippen molar-refractivity contribution in [2.75, 3.05) is 7.05 Å². The molecule has 0 bridgehead atoms. The molecule has 3 aromatic rings. The maximum atomic E-state index is 4.83.